The number of nitrogens with one attached hydrogen (secondary N) is 1. The Labute approximate surface area is 184 Å². The zero-order chi connectivity index (χ0) is 22.2. The third kappa shape index (κ3) is 3.61. The molecule has 164 valence electrons. The normalized spacial score (nSPS) is 16.1. The molecule has 0 spiro atoms. The molecule has 0 unspecified atom stereocenters. The number of rotatable bonds is 5. The molecule has 0 aliphatic carbocycles. The van der Waals surface area contributed by atoms with Gasteiger partial charge in [-0.15, -0.1) is 11.3 Å². The van der Waals surface area contributed by atoms with Crippen LogP contribution in [0.5, 0.6) is 0 Å². The number of para-hydroxylation sites is 1. The van der Waals surface area contributed by atoms with Gasteiger partial charge in [0, 0.05) is 18.2 Å². The summed E-state index contributed by atoms with van der Waals surface area (Å²) in [6, 6.07) is 9.26. The second kappa shape index (κ2) is 8.29. The molecule has 1 amide bonds. The number of halogens is 1. The average molecular weight is 454 g/mol. The van der Waals surface area contributed by atoms with Gasteiger partial charge in [0.05, 0.1) is 23.9 Å². The summed E-state index contributed by atoms with van der Waals surface area (Å²) in [5.41, 5.74) is -0.647. The van der Waals surface area contributed by atoms with Crippen molar-refractivity contribution in [2.24, 2.45) is 0 Å². The molecule has 10 heteroatoms. The molecule has 8 nitrogen and oxygen atoms in total. The highest BCUT2D eigenvalue weighted by Gasteiger charge is 2.24. The lowest BCUT2D eigenvalue weighted by Gasteiger charge is -2.15. The van der Waals surface area contributed by atoms with Gasteiger partial charge >= 0.3 is 5.69 Å². The Kier molecular flexibility index (Phi) is 5.32. The summed E-state index contributed by atoms with van der Waals surface area (Å²) in [6.07, 6.45) is 3.00. The molecule has 1 saturated heterocycles. The van der Waals surface area contributed by atoms with Crippen molar-refractivity contribution in [1.29, 1.82) is 0 Å². The molecule has 1 aromatic carbocycles. The van der Waals surface area contributed by atoms with Crippen LogP contribution in [0, 0.1) is 5.82 Å². The maximum Gasteiger partial charge on any atom is 0.332 e. The van der Waals surface area contributed by atoms with Gasteiger partial charge in [-0.2, -0.15) is 0 Å². The van der Waals surface area contributed by atoms with Crippen LogP contribution in [-0.4, -0.2) is 32.7 Å². The Morgan fingerprint density at radius 3 is 2.84 bits per heavy atom. The van der Waals surface area contributed by atoms with Crippen LogP contribution in [0.2, 0.25) is 0 Å². The molecule has 1 fully saturated rings. The van der Waals surface area contributed by atoms with Gasteiger partial charge in [0.25, 0.3) is 5.56 Å². The number of thiophene rings is 1. The van der Waals surface area contributed by atoms with Crippen LogP contribution in [0.15, 0.2) is 52.2 Å². The van der Waals surface area contributed by atoms with Gasteiger partial charge in [0.1, 0.15) is 21.9 Å². The van der Waals surface area contributed by atoms with Crippen molar-refractivity contribution < 1.29 is 13.9 Å². The Morgan fingerprint density at radius 1 is 1.22 bits per heavy atom. The van der Waals surface area contributed by atoms with E-state index in [0.717, 1.165) is 17.4 Å². The molecule has 4 heterocycles. The first kappa shape index (κ1) is 20.5. The van der Waals surface area contributed by atoms with E-state index in [0.29, 0.717) is 27.0 Å². The predicted molar refractivity (Wildman–Crippen MR) is 120 cm³/mol. The van der Waals surface area contributed by atoms with Crippen molar-refractivity contribution in [2.75, 3.05) is 11.9 Å². The van der Waals surface area contributed by atoms with E-state index in [-0.39, 0.29) is 24.9 Å². The molecule has 1 aliphatic rings. The van der Waals surface area contributed by atoms with E-state index in [1.807, 2.05) is 0 Å². The minimum absolute atomic E-state index is 0.0197. The van der Waals surface area contributed by atoms with Crippen LogP contribution < -0.4 is 16.6 Å². The number of pyridine rings is 1. The lowest BCUT2D eigenvalue weighted by atomic mass is 10.2. The van der Waals surface area contributed by atoms with E-state index in [9.17, 15) is 18.8 Å². The summed E-state index contributed by atoms with van der Waals surface area (Å²) in [5.74, 6) is -1.16. The van der Waals surface area contributed by atoms with Crippen molar-refractivity contribution >= 4 is 43.4 Å². The number of benzene rings is 1. The van der Waals surface area contributed by atoms with Crippen LogP contribution in [0.1, 0.15) is 12.8 Å². The van der Waals surface area contributed by atoms with Crippen molar-refractivity contribution in [3.63, 3.8) is 0 Å². The van der Waals surface area contributed by atoms with Crippen molar-refractivity contribution in [2.45, 2.75) is 32.0 Å². The number of anilines is 1. The molecule has 32 heavy (non-hydrogen) atoms. The maximum absolute atomic E-state index is 14.0. The number of fused-ring (bicyclic) bond motifs is 3. The molecular weight excluding hydrogens is 435 g/mol. The fourth-order valence-electron chi connectivity index (χ4n) is 3.98. The van der Waals surface area contributed by atoms with Gasteiger partial charge < -0.3 is 10.1 Å². The summed E-state index contributed by atoms with van der Waals surface area (Å²) in [5, 5.41) is 3.12. The number of hydrogen-bond acceptors (Lipinski definition) is 6. The van der Waals surface area contributed by atoms with E-state index in [1.54, 1.807) is 24.4 Å². The van der Waals surface area contributed by atoms with Gasteiger partial charge in [0.15, 0.2) is 0 Å². The highest BCUT2D eigenvalue weighted by atomic mass is 32.1. The predicted octanol–water partition coefficient (Wildman–Crippen LogP) is 2.73. The number of aromatic nitrogens is 3. The van der Waals surface area contributed by atoms with E-state index < -0.39 is 23.0 Å². The van der Waals surface area contributed by atoms with Crippen LogP contribution in [0.3, 0.4) is 0 Å². The number of ether oxygens (including phenoxy) is 1. The van der Waals surface area contributed by atoms with Crippen LogP contribution in [0.25, 0.3) is 20.4 Å². The largest absolute Gasteiger partial charge is 0.376 e. The van der Waals surface area contributed by atoms with E-state index in [2.05, 4.69) is 10.3 Å². The molecular formula is C22H19FN4O4S. The Balaban J connectivity index is 1.63. The molecule has 1 atom stereocenters. The highest BCUT2D eigenvalue weighted by molar-refractivity contribution is 7.25. The summed E-state index contributed by atoms with van der Waals surface area (Å²) in [7, 11) is 0. The van der Waals surface area contributed by atoms with Crippen molar-refractivity contribution in [3.8, 4) is 0 Å². The van der Waals surface area contributed by atoms with Crippen LogP contribution >= 0.6 is 11.3 Å². The van der Waals surface area contributed by atoms with E-state index >= 15 is 0 Å². The molecule has 4 aromatic rings. The van der Waals surface area contributed by atoms with Gasteiger partial charge in [-0.25, -0.2) is 14.2 Å². The van der Waals surface area contributed by atoms with Crippen LogP contribution in [0.4, 0.5) is 10.1 Å². The fourth-order valence-corrected chi connectivity index (χ4v) is 5.07. The monoisotopic (exact) mass is 454 g/mol. The molecule has 0 saturated carbocycles. The second-order valence-corrected chi connectivity index (χ2v) is 8.58. The first-order valence-corrected chi connectivity index (χ1v) is 11.0. The summed E-state index contributed by atoms with van der Waals surface area (Å²) in [4.78, 5) is 44.3. The molecule has 0 radical (unpaired) electrons. The maximum atomic E-state index is 14.0. The Bertz CT molecular complexity index is 1450. The summed E-state index contributed by atoms with van der Waals surface area (Å²) >= 11 is 1.18. The lowest BCUT2D eigenvalue weighted by molar-refractivity contribution is -0.116. The minimum Gasteiger partial charge on any atom is -0.376 e. The van der Waals surface area contributed by atoms with Gasteiger partial charge in [0.2, 0.25) is 5.91 Å². The second-order valence-electron chi connectivity index (χ2n) is 7.58. The number of carbonyl (C=O) groups excluding carboxylic acids is 1. The fraction of sp³-hybridized carbons (Fsp3) is 0.273. The lowest BCUT2D eigenvalue weighted by Crippen LogP contribution is -2.43. The summed E-state index contributed by atoms with van der Waals surface area (Å²) in [6.45, 7) is 0.327. The molecule has 1 aliphatic heterocycles. The van der Waals surface area contributed by atoms with Gasteiger partial charge in [-0.1, -0.05) is 12.1 Å². The SMILES string of the molecule is O=C(Cn1c(=O)n(C[C@H]2CCCO2)c(=O)c2sc3ncccc3c21)Nc1ccccc1F. The third-order valence-electron chi connectivity index (χ3n) is 5.47. The van der Waals surface area contributed by atoms with E-state index in [1.165, 1.54) is 34.1 Å². The molecule has 0 bridgehead atoms. The number of amides is 1. The first-order chi connectivity index (χ1) is 15.5. The molecule has 3 aromatic heterocycles. The summed E-state index contributed by atoms with van der Waals surface area (Å²) < 4.78 is 22.3. The third-order valence-corrected chi connectivity index (χ3v) is 6.56. The Hall–Kier alpha value is -3.37. The van der Waals surface area contributed by atoms with Crippen molar-refractivity contribution in [1.82, 2.24) is 14.1 Å². The minimum atomic E-state index is -0.606. The average Bonchev–Trinajstić information content (AvgIpc) is 3.44. The number of nitrogens with zero attached hydrogens (tertiary/aromatic N) is 3. The standard InChI is InChI=1S/C22H19FN4O4S/c23-15-7-1-2-8-16(15)25-17(28)12-26-18-14-6-3-9-24-20(14)32-19(18)21(29)27(22(26)30)11-13-5-4-10-31-13/h1-3,6-9,13H,4-5,10-12H2,(H,25,28)/t13-/m1/s1. The van der Waals surface area contributed by atoms with E-state index in [4.69, 9.17) is 4.74 Å². The molecule has 5 rings (SSSR count). The first-order valence-electron chi connectivity index (χ1n) is 10.2. The van der Waals surface area contributed by atoms with Crippen LogP contribution in [-0.2, 0) is 22.6 Å². The number of hydrogen-bond donors (Lipinski definition) is 1. The zero-order valence-electron chi connectivity index (χ0n) is 16.9. The van der Waals surface area contributed by atoms with Gasteiger partial charge in [-0.3, -0.25) is 18.7 Å². The molecule has 1 N–H and O–H groups in total. The van der Waals surface area contributed by atoms with Crippen molar-refractivity contribution in [3.05, 3.63) is 69.3 Å². The zero-order valence-corrected chi connectivity index (χ0v) is 17.7. The highest BCUT2D eigenvalue weighted by Crippen LogP contribution is 2.29. The number of carbonyl (C=O) groups is 1. The van der Waals surface area contributed by atoms with Gasteiger partial charge in [-0.05, 0) is 37.1 Å². The smallest absolute Gasteiger partial charge is 0.332 e. The topological polar surface area (TPSA) is 95.2 Å². The Morgan fingerprint density at radius 2 is 2.06 bits per heavy atom. The quantitative estimate of drug-likeness (QED) is 0.500.